The number of ether oxygens (including phenoxy) is 2. The van der Waals surface area contributed by atoms with Crippen LogP contribution in [-0.4, -0.2) is 12.6 Å². The SMILES string of the molecule is Cc1ccc(OC(=O)COc2ccc(C)c(C)c2)c(C(C)(C)C)c1. The van der Waals surface area contributed by atoms with Gasteiger partial charge in [-0.05, 0) is 55.5 Å². The standard InChI is InChI=1S/C21H26O3/c1-14-7-10-19(18(11-14)21(4,5)6)24-20(22)13-23-17-9-8-15(2)16(3)12-17/h7-12H,13H2,1-6H3. The molecule has 0 spiro atoms. The van der Waals surface area contributed by atoms with Crippen LogP contribution in [0.2, 0.25) is 0 Å². The monoisotopic (exact) mass is 326 g/mol. The summed E-state index contributed by atoms with van der Waals surface area (Å²) in [6, 6.07) is 11.6. The molecule has 0 aliphatic heterocycles. The number of rotatable bonds is 4. The molecule has 2 aromatic carbocycles. The van der Waals surface area contributed by atoms with Gasteiger partial charge in [0, 0.05) is 5.56 Å². The van der Waals surface area contributed by atoms with Crippen LogP contribution in [0.3, 0.4) is 0 Å². The molecule has 3 heteroatoms. The second-order valence-corrected chi connectivity index (χ2v) is 7.26. The third-order valence-corrected chi connectivity index (χ3v) is 4.00. The van der Waals surface area contributed by atoms with E-state index < -0.39 is 5.97 Å². The molecular weight excluding hydrogens is 300 g/mol. The van der Waals surface area contributed by atoms with Crippen molar-refractivity contribution in [2.75, 3.05) is 6.61 Å². The van der Waals surface area contributed by atoms with Crippen molar-refractivity contribution >= 4 is 5.97 Å². The molecule has 0 unspecified atom stereocenters. The highest BCUT2D eigenvalue weighted by Gasteiger charge is 2.21. The Balaban J connectivity index is 2.06. The van der Waals surface area contributed by atoms with Crippen molar-refractivity contribution in [1.29, 1.82) is 0 Å². The van der Waals surface area contributed by atoms with Crippen LogP contribution in [0.5, 0.6) is 11.5 Å². The molecule has 0 aliphatic rings. The first-order valence-corrected chi connectivity index (χ1v) is 8.18. The first-order chi connectivity index (χ1) is 11.2. The first kappa shape index (κ1) is 18.1. The second kappa shape index (κ2) is 7.08. The molecule has 2 aromatic rings. The van der Waals surface area contributed by atoms with Gasteiger partial charge < -0.3 is 9.47 Å². The topological polar surface area (TPSA) is 35.5 Å². The highest BCUT2D eigenvalue weighted by molar-refractivity contribution is 5.74. The molecule has 0 radical (unpaired) electrons. The van der Waals surface area contributed by atoms with E-state index in [1.165, 1.54) is 5.56 Å². The van der Waals surface area contributed by atoms with Gasteiger partial charge in [-0.2, -0.15) is 0 Å². The van der Waals surface area contributed by atoms with Gasteiger partial charge in [0.25, 0.3) is 0 Å². The highest BCUT2D eigenvalue weighted by atomic mass is 16.6. The molecular formula is C21H26O3. The molecule has 2 rings (SSSR count). The van der Waals surface area contributed by atoms with E-state index in [1.807, 2.05) is 51.1 Å². The van der Waals surface area contributed by atoms with E-state index >= 15 is 0 Å². The van der Waals surface area contributed by atoms with Crippen LogP contribution >= 0.6 is 0 Å². The lowest BCUT2D eigenvalue weighted by Gasteiger charge is -2.22. The quantitative estimate of drug-likeness (QED) is 0.592. The number of aryl methyl sites for hydroxylation is 3. The van der Waals surface area contributed by atoms with Crippen LogP contribution in [0.15, 0.2) is 36.4 Å². The molecule has 0 saturated carbocycles. The van der Waals surface area contributed by atoms with Gasteiger partial charge in [-0.3, -0.25) is 0 Å². The van der Waals surface area contributed by atoms with E-state index in [1.54, 1.807) is 0 Å². The van der Waals surface area contributed by atoms with Gasteiger partial charge in [-0.15, -0.1) is 0 Å². The summed E-state index contributed by atoms with van der Waals surface area (Å²) in [5.41, 5.74) is 4.39. The summed E-state index contributed by atoms with van der Waals surface area (Å²) in [4.78, 5) is 12.2. The molecule has 0 aliphatic carbocycles. The van der Waals surface area contributed by atoms with Gasteiger partial charge in [-0.1, -0.05) is 44.5 Å². The van der Waals surface area contributed by atoms with Crippen molar-refractivity contribution < 1.29 is 14.3 Å². The summed E-state index contributed by atoms with van der Waals surface area (Å²) in [7, 11) is 0. The van der Waals surface area contributed by atoms with Crippen LogP contribution in [-0.2, 0) is 10.2 Å². The van der Waals surface area contributed by atoms with E-state index in [0.717, 1.165) is 16.7 Å². The summed E-state index contributed by atoms with van der Waals surface area (Å²) in [6.45, 7) is 12.3. The largest absolute Gasteiger partial charge is 0.482 e. The number of benzene rings is 2. The third-order valence-electron chi connectivity index (χ3n) is 4.00. The van der Waals surface area contributed by atoms with Gasteiger partial charge >= 0.3 is 5.97 Å². The Morgan fingerprint density at radius 1 is 0.958 bits per heavy atom. The summed E-state index contributed by atoms with van der Waals surface area (Å²) in [5.74, 6) is 0.874. The summed E-state index contributed by atoms with van der Waals surface area (Å²) in [5, 5.41) is 0. The zero-order valence-electron chi connectivity index (χ0n) is 15.4. The van der Waals surface area contributed by atoms with Crippen molar-refractivity contribution in [3.63, 3.8) is 0 Å². The van der Waals surface area contributed by atoms with Gasteiger partial charge in [0.2, 0.25) is 0 Å². The molecule has 0 saturated heterocycles. The van der Waals surface area contributed by atoms with Crippen LogP contribution in [0.4, 0.5) is 0 Å². The van der Waals surface area contributed by atoms with Crippen molar-refractivity contribution in [3.05, 3.63) is 58.7 Å². The van der Waals surface area contributed by atoms with E-state index in [0.29, 0.717) is 11.5 Å². The average molecular weight is 326 g/mol. The van der Waals surface area contributed by atoms with E-state index in [2.05, 4.69) is 26.8 Å². The molecule has 3 nitrogen and oxygen atoms in total. The average Bonchev–Trinajstić information content (AvgIpc) is 2.49. The van der Waals surface area contributed by atoms with Crippen LogP contribution in [0, 0.1) is 20.8 Å². The van der Waals surface area contributed by atoms with E-state index in [4.69, 9.17) is 9.47 Å². The lowest BCUT2D eigenvalue weighted by molar-refractivity contribution is -0.136. The van der Waals surface area contributed by atoms with Crippen LogP contribution < -0.4 is 9.47 Å². The van der Waals surface area contributed by atoms with Crippen LogP contribution in [0.1, 0.15) is 43.0 Å². The second-order valence-electron chi connectivity index (χ2n) is 7.26. The van der Waals surface area contributed by atoms with Crippen LogP contribution in [0.25, 0.3) is 0 Å². The molecule has 0 fully saturated rings. The lowest BCUT2D eigenvalue weighted by atomic mass is 9.85. The number of carbonyl (C=O) groups excluding carboxylic acids is 1. The minimum absolute atomic E-state index is 0.101. The lowest BCUT2D eigenvalue weighted by Crippen LogP contribution is -2.21. The van der Waals surface area contributed by atoms with Gasteiger partial charge in [0.15, 0.2) is 6.61 Å². The number of hydrogen-bond donors (Lipinski definition) is 0. The van der Waals surface area contributed by atoms with Gasteiger partial charge in [0.05, 0.1) is 0 Å². The number of esters is 1. The predicted molar refractivity (Wildman–Crippen MR) is 96.9 cm³/mol. The van der Waals surface area contributed by atoms with E-state index in [-0.39, 0.29) is 12.0 Å². The number of hydrogen-bond acceptors (Lipinski definition) is 3. The molecule has 0 amide bonds. The maximum absolute atomic E-state index is 12.2. The fraction of sp³-hybridized carbons (Fsp3) is 0.381. The van der Waals surface area contributed by atoms with Gasteiger partial charge in [0.1, 0.15) is 11.5 Å². The van der Waals surface area contributed by atoms with Crippen molar-refractivity contribution in [2.45, 2.75) is 47.0 Å². The minimum atomic E-state index is -0.400. The molecule has 0 aromatic heterocycles. The fourth-order valence-electron chi connectivity index (χ4n) is 2.42. The molecule has 0 N–H and O–H groups in total. The molecule has 0 heterocycles. The number of carbonyl (C=O) groups is 1. The third kappa shape index (κ3) is 4.60. The Hall–Kier alpha value is -2.29. The van der Waals surface area contributed by atoms with Crippen molar-refractivity contribution in [2.24, 2.45) is 0 Å². The smallest absolute Gasteiger partial charge is 0.349 e. The van der Waals surface area contributed by atoms with E-state index in [9.17, 15) is 4.79 Å². The Kier molecular flexibility index (Phi) is 5.33. The maximum atomic E-state index is 12.2. The summed E-state index contributed by atoms with van der Waals surface area (Å²) >= 11 is 0. The zero-order chi connectivity index (χ0) is 17.9. The molecule has 0 bridgehead atoms. The summed E-state index contributed by atoms with van der Waals surface area (Å²) < 4.78 is 11.1. The maximum Gasteiger partial charge on any atom is 0.349 e. The Bertz CT molecular complexity index is 739. The molecule has 24 heavy (non-hydrogen) atoms. The highest BCUT2D eigenvalue weighted by Crippen LogP contribution is 2.32. The summed E-state index contributed by atoms with van der Waals surface area (Å²) in [6.07, 6.45) is 0. The minimum Gasteiger partial charge on any atom is -0.482 e. The van der Waals surface area contributed by atoms with Crippen molar-refractivity contribution in [3.8, 4) is 11.5 Å². The molecule has 128 valence electrons. The Morgan fingerprint density at radius 3 is 2.29 bits per heavy atom. The van der Waals surface area contributed by atoms with Crippen molar-refractivity contribution in [1.82, 2.24) is 0 Å². The fourth-order valence-corrected chi connectivity index (χ4v) is 2.42. The zero-order valence-corrected chi connectivity index (χ0v) is 15.4. The first-order valence-electron chi connectivity index (χ1n) is 8.18. The Morgan fingerprint density at radius 2 is 1.67 bits per heavy atom. The molecule has 0 atom stereocenters. The van der Waals surface area contributed by atoms with Gasteiger partial charge in [-0.25, -0.2) is 4.79 Å². The predicted octanol–water partition coefficient (Wildman–Crippen LogP) is 4.89. The Labute approximate surface area is 144 Å². The normalized spacial score (nSPS) is 11.2.